The maximum absolute atomic E-state index is 12.4. The van der Waals surface area contributed by atoms with E-state index in [0.717, 1.165) is 0 Å². The fourth-order valence-corrected chi connectivity index (χ4v) is 4.15. The van der Waals surface area contributed by atoms with E-state index < -0.39 is 0 Å². The fourth-order valence-electron chi connectivity index (χ4n) is 3.68. The lowest BCUT2D eigenvalue weighted by Crippen LogP contribution is -2.61. The van der Waals surface area contributed by atoms with Gasteiger partial charge >= 0.3 is 6.09 Å². The zero-order valence-corrected chi connectivity index (χ0v) is 15.0. The molecule has 8 heteroatoms. The second kappa shape index (κ2) is 6.25. The molecule has 2 heterocycles. The minimum Gasteiger partial charge on any atom is -0.492 e. The lowest BCUT2D eigenvalue weighted by molar-refractivity contribution is -0.148. The highest BCUT2D eigenvalue weighted by molar-refractivity contribution is 6.35. The predicted molar refractivity (Wildman–Crippen MR) is 92.0 cm³/mol. The van der Waals surface area contributed by atoms with Crippen LogP contribution in [0.3, 0.4) is 0 Å². The van der Waals surface area contributed by atoms with Gasteiger partial charge in [0.25, 0.3) is 0 Å². The van der Waals surface area contributed by atoms with Crippen LogP contribution in [0.15, 0.2) is 18.2 Å². The third-order valence-corrected chi connectivity index (χ3v) is 5.64. The van der Waals surface area contributed by atoms with Gasteiger partial charge in [-0.25, -0.2) is 4.79 Å². The molecule has 1 spiro atoms. The molecule has 6 nitrogen and oxygen atoms in total. The summed E-state index contributed by atoms with van der Waals surface area (Å²) in [6.07, 6.45) is 0.943. The Labute approximate surface area is 155 Å². The van der Waals surface area contributed by atoms with Gasteiger partial charge in [-0.1, -0.05) is 23.2 Å². The Morgan fingerprint density at radius 2 is 2.12 bits per heavy atom. The van der Waals surface area contributed by atoms with Crippen LogP contribution in [0, 0.1) is 11.8 Å². The number of nitrogens with zero attached hydrogens (tertiary/aromatic N) is 1. The maximum atomic E-state index is 12.4. The number of ether oxygens (including phenoxy) is 2. The Balaban J connectivity index is 1.20. The highest BCUT2D eigenvalue weighted by Gasteiger charge is 2.54. The Bertz CT molecular complexity index is 715. The summed E-state index contributed by atoms with van der Waals surface area (Å²) < 4.78 is 10.7. The zero-order valence-electron chi connectivity index (χ0n) is 13.5. The van der Waals surface area contributed by atoms with E-state index in [2.05, 4.69) is 5.32 Å². The minimum absolute atomic E-state index is 0.0189. The van der Waals surface area contributed by atoms with Crippen molar-refractivity contribution in [3.63, 3.8) is 0 Å². The Hall–Kier alpha value is -1.66. The highest BCUT2D eigenvalue weighted by atomic mass is 35.5. The summed E-state index contributed by atoms with van der Waals surface area (Å²) in [5.74, 6) is 1.05. The molecule has 1 aromatic carbocycles. The third kappa shape index (κ3) is 3.25. The lowest BCUT2D eigenvalue weighted by Gasteiger charge is -2.47. The second-order valence-electron chi connectivity index (χ2n) is 7.08. The van der Waals surface area contributed by atoms with Gasteiger partial charge in [0.2, 0.25) is 5.91 Å². The first-order valence-electron chi connectivity index (χ1n) is 8.26. The number of carbonyl (C=O) groups is 2. The summed E-state index contributed by atoms with van der Waals surface area (Å²) in [6, 6.07) is 5.13. The lowest BCUT2D eigenvalue weighted by atomic mass is 9.68. The standard InChI is InChI=1S/C17H18Cl2N2O4/c18-12-1-2-14(13(19)3-12)24-8-10-6-21(7-10)15(22)11-4-17(5-11)9-25-16(23)20-17/h1-3,10-11H,4-9H2,(H,20,23)/t11-,17+. The number of hydrogen-bond acceptors (Lipinski definition) is 4. The van der Waals surface area contributed by atoms with E-state index in [-0.39, 0.29) is 23.5 Å². The van der Waals surface area contributed by atoms with Crippen LogP contribution in [-0.2, 0) is 9.53 Å². The van der Waals surface area contributed by atoms with Crippen LogP contribution in [0.1, 0.15) is 12.8 Å². The zero-order chi connectivity index (χ0) is 17.6. The SMILES string of the molecule is O=C1N[C@]2(CO1)C[C@H](C(=O)N1CC(COc3ccc(Cl)cc3Cl)C1)C2. The van der Waals surface area contributed by atoms with E-state index in [4.69, 9.17) is 32.7 Å². The number of nitrogens with one attached hydrogen (secondary N) is 1. The summed E-state index contributed by atoms with van der Waals surface area (Å²) in [6.45, 7) is 2.27. The van der Waals surface area contributed by atoms with Gasteiger partial charge in [0, 0.05) is 29.9 Å². The Morgan fingerprint density at radius 1 is 1.36 bits per heavy atom. The van der Waals surface area contributed by atoms with Crippen LogP contribution in [0.5, 0.6) is 5.75 Å². The number of likely N-dealkylation sites (tertiary alicyclic amines) is 1. The molecule has 1 N–H and O–H groups in total. The molecule has 3 fully saturated rings. The number of rotatable bonds is 4. The smallest absolute Gasteiger partial charge is 0.407 e. The number of carbonyl (C=O) groups excluding carboxylic acids is 2. The van der Waals surface area contributed by atoms with Crippen molar-refractivity contribution in [2.24, 2.45) is 11.8 Å². The molecule has 4 rings (SSSR count). The van der Waals surface area contributed by atoms with E-state index in [9.17, 15) is 9.59 Å². The summed E-state index contributed by atoms with van der Waals surface area (Å²) >= 11 is 11.9. The van der Waals surface area contributed by atoms with Crippen molar-refractivity contribution in [1.82, 2.24) is 10.2 Å². The first-order valence-corrected chi connectivity index (χ1v) is 9.01. The fraction of sp³-hybridized carbons (Fsp3) is 0.529. The van der Waals surface area contributed by atoms with E-state index in [1.54, 1.807) is 18.2 Å². The van der Waals surface area contributed by atoms with Gasteiger partial charge in [-0.2, -0.15) is 0 Å². The molecule has 0 radical (unpaired) electrons. The average molecular weight is 385 g/mol. The van der Waals surface area contributed by atoms with E-state index in [1.807, 2.05) is 4.90 Å². The molecule has 1 aromatic rings. The topological polar surface area (TPSA) is 67.9 Å². The van der Waals surface area contributed by atoms with Crippen LogP contribution in [-0.4, -0.2) is 48.7 Å². The quantitative estimate of drug-likeness (QED) is 0.866. The van der Waals surface area contributed by atoms with Crippen molar-refractivity contribution in [2.75, 3.05) is 26.3 Å². The van der Waals surface area contributed by atoms with E-state index in [0.29, 0.717) is 60.9 Å². The van der Waals surface area contributed by atoms with E-state index >= 15 is 0 Å². The molecule has 1 saturated carbocycles. The summed E-state index contributed by atoms with van der Waals surface area (Å²) in [5, 5.41) is 3.86. The van der Waals surface area contributed by atoms with Crippen molar-refractivity contribution in [1.29, 1.82) is 0 Å². The third-order valence-electron chi connectivity index (χ3n) is 5.11. The molecule has 25 heavy (non-hydrogen) atoms. The van der Waals surface area contributed by atoms with Gasteiger partial charge in [-0.15, -0.1) is 0 Å². The number of alkyl carbamates (subject to hydrolysis) is 1. The van der Waals surface area contributed by atoms with Crippen LogP contribution in [0.4, 0.5) is 4.79 Å². The van der Waals surface area contributed by atoms with E-state index in [1.165, 1.54) is 0 Å². The van der Waals surface area contributed by atoms with Gasteiger partial charge in [-0.05, 0) is 31.0 Å². The largest absolute Gasteiger partial charge is 0.492 e. The number of cyclic esters (lactones) is 1. The minimum atomic E-state index is -0.382. The molecule has 2 aliphatic heterocycles. The van der Waals surface area contributed by atoms with Crippen LogP contribution in [0.25, 0.3) is 0 Å². The van der Waals surface area contributed by atoms with Gasteiger partial charge < -0.3 is 19.7 Å². The molecule has 1 aliphatic carbocycles. The molecule has 0 aromatic heterocycles. The monoisotopic (exact) mass is 384 g/mol. The summed E-state index contributed by atoms with van der Waals surface area (Å²) in [7, 11) is 0. The molecular weight excluding hydrogens is 367 g/mol. The Morgan fingerprint density at radius 3 is 2.76 bits per heavy atom. The molecular formula is C17H18Cl2N2O4. The maximum Gasteiger partial charge on any atom is 0.407 e. The second-order valence-corrected chi connectivity index (χ2v) is 7.93. The highest BCUT2D eigenvalue weighted by Crippen LogP contribution is 2.42. The van der Waals surface area contributed by atoms with Crippen molar-refractivity contribution >= 4 is 35.2 Å². The van der Waals surface area contributed by atoms with Gasteiger partial charge in [0.15, 0.2) is 0 Å². The van der Waals surface area contributed by atoms with Gasteiger partial charge in [-0.3, -0.25) is 4.79 Å². The number of benzene rings is 1. The van der Waals surface area contributed by atoms with Gasteiger partial charge in [0.1, 0.15) is 12.4 Å². The first-order chi connectivity index (χ1) is 11.9. The number of halogens is 2. The van der Waals surface area contributed by atoms with Crippen molar-refractivity contribution in [2.45, 2.75) is 18.4 Å². The first kappa shape index (κ1) is 16.8. The molecule has 2 amide bonds. The summed E-state index contributed by atoms with van der Waals surface area (Å²) in [5.41, 5.74) is -0.309. The molecule has 2 saturated heterocycles. The molecule has 0 bridgehead atoms. The van der Waals surface area contributed by atoms with Gasteiger partial charge in [0.05, 0.1) is 17.2 Å². The Kier molecular flexibility index (Phi) is 4.20. The molecule has 3 aliphatic rings. The number of hydrogen-bond donors (Lipinski definition) is 1. The predicted octanol–water partition coefficient (Wildman–Crippen LogP) is 2.72. The number of amides is 2. The van der Waals surface area contributed by atoms with Crippen molar-refractivity contribution < 1.29 is 19.1 Å². The normalized spacial score (nSPS) is 28.2. The van der Waals surface area contributed by atoms with Crippen molar-refractivity contribution in [3.05, 3.63) is 28.2 Å². The van der Waals surface area contributed by atoms with Crippen LogP contribution >= 0.6 is 23.2 Å². The van der Waals surface area contributed by atoms with Crippen molar-refractivity contribution in [3.8, 4) is 5.75 Å². The van der Waals surface area contributed by atoms with Crippen LogP contribution in [0.2, 0.25) is 10.0 Å². The molecule has 0 atom stereocenters. The van der Waals surface area contributed by atoms with Crippen LogP contribution < -0.4 is 10.1 Å². The molecule has 134 valence electrons. The average Bonchev–Trinajstić information content (AvgIpc) is 2.88. The molecule has 0 unspecified atom stereocenters. The summed E-state index contributed by atoms with van der Waals surface area (Å²) in [4.78, 5) is 25.4.